The van der Waals surface area contributed by atoms with Gasteiger partial charge in [-0.25, -0.2) is 8.93 Å². The Balaban J connectivity index is 2.38. The van der Waals surface area contributed by atoms with Crippen molar-refractivity contribution in [1.82, 2.24) is 4.72 Å². The first-order valence-corrected chi connectivity index (χ1v) is 4.89. The van der Waals surface area contributed by atoms with Crippen LogP contribution >= 0.6 is 0 Å². The summed E-state index contributed by atoms with van der Waals surface area (Å²) in [5.41, 5.74) is 0. The Morgan fingerprint density at radius 1 is 1.43 bits per heavy atom. The lowest BCUT2D eigenvalue weighted by molar-refractivity contribution is -0.133. The molecule has 0 aliphatic carbocycles. The fourth-order valence-corrected chi connectivity index (χ4v) is 1.02. The molecule has 0 aliphatic rings. The van der Waals surface area contributed by atoms with Crippen LogP contribution in [0.4, 0.5) is 0 Å². The Bertz CT molecular complexity index is 327. The van der Waals surface area contributed by atoms with Gasteiger partial charge in [-0.1, -0.05) is 18.2 Å². The highest BCUT2D eigenvalue weighted by molar-refractivity contribution is 7.77. The number of para-hydroxylation sites is 1. The van der Waals surface area contributed by atoms with Crippen molar-refractivity contribution in [1.29, 1.82) is 0 Å². The van der Waals surface area contributed by atoms with Crippen molar-refractivity contribution >= 4 is 17.2 Å². The Morgan fingerprint density at radius 3 is 2.64 bits per heavy atom. The Morgan fingerprint density at radius 2 is 2.07 bits per heavy atom. The van der Waals surface area contributed by atoms with E-state index in [2.05, 4.69) is 0 Å². The van der Waals surface area contributed by atoms with Gasteiger partial charge in [-0.2, -0.15) is 0 Å². The Hall–Kier alpha value is -1.24. The third-order valence-electron chi connectivity index (χ3n) is 1.31. The zero-order valence-corrected chi connectivity index (χ0v) is 7.99. The summed E-state index contributed by atoms with van der Waals surface area (Å²) in [4.78, 5) is 11.0. The van der Waals surface area contributed by atoms with Gasteiger partial charge < -0.3 is 4.74 Å². The monoisotopic (exact) mass is 215 g/mol. The van der Waals surface area contributed by atoms with Gasteiger partial charge in [0.15, 0.2) is 0 Å². The highest BCUT2D eigenvalue weighted by Gasteiger charge is 2.04. The second kappa shape index (κ2) is 5.48. The van der Waals surface area contributed by atoms with Gasteiger partial charge in [0.05, 0.1) is 0 Å². The minimum atomic E-state index is -2.19. The molecule has 5 nitrogen and oxygen atoms in total. The standard InChI is InChI=1S/C8H9NO4S/c10-8(6-9-14(11)12)13-7-4-2-1-3-5-7/h1-5,9H,6H2,(H,11,12). The molecule has 0 fully saturated rings. The summed E-state index contributed by atoms with van der Waals surface area (Å²) >= 11 is -2.19. The molecule has 1 atom stereocenters. The topological polar surface area (TPSA) is 75.6 Å². The summed E-state index contributed by atoms with van der Waals surface area (Å²) in [6.07, 6.45) is 0. The lowest BCUT2D eigenvalue weighted by Gasteiger charge is -2.02. The van der Waals surface area contributed by atoms with E-state index in [1.54, 1.807) is 30.3 Å². The lowest BCUT2D eigenvalue weighted by Crippen LogP contribution is -2.27. The van der Waals surface area contributed by atoms with Gasteiger partial charge >= 0.3 is 5.97 Å². The van der Waals surface area contributed by atoms with E-state index in [9.17, 15) is 9.00 Å². The second-order valence-electron chi connectivity index (χ2n) is 2.36. The van der Waals surface area contributed by atoms with Crippen LogP contribution in [-0.4, -0.2) is 21.3 Å². The van der Waals surface area contributed by atoms with Crippen molar-refractivity contribution in [2.45, 2.75) is 0 Å². The SMILES string of the molecule is O=C(CNS(=O)O)Oc1ccccc1. The van der Waals surface area contributed by atoms with Gasteiger partial charge in [-0.3, -0.25) is 9.35 Å². The number of nitrogens with one attached hydrogen (secondary N) is 1. The summed E-state index contributed by atoms with van der Waals surface area (Å²) in [6, 6.07) is 8.47. The van der Waals surface area contributed by atoms with Gasteiger partial charge in [-0.05, 0) is 12.1 Å². The molecule has 0 amide bonds. The molecule has 0 aromatic heterocycles. The van der Waals surface area contributed by atoms with Crippen LogP contribution in [0.5, 0.6) is 5.75 Å². The number of benzene rings is 1. The first-order chi connectivity index (χ1) is 6.68. The molecule has 0 aliphatic heterocycles. The molecule has 14 heavy (non-hydrogen) atoms. The first-order valence-electron chi connectivity index (χ1n) is 3.78. The van der Waals surface area contributed by atoms with Crippen molar-refractivity contribution in [3.8, 4) is 5.75 Å². The molecule has 0 spiro atoms. The zero-order valence-electron chi connectivity index (χ0n) is 7.17. The van der Waals surface area contributed by atoms with E-state index in [0.29, 0.717) is 5.75 Å². The Kier molecular flexibility index (Phi) is 4.24. The maximum Gasteiger partial charge on any atom is 0.326 e. The van der Waals surface area contributed by atoms with Crippen LogP contribution in [0.15, 0.2) is 30.3 Å². The van der Waals surface area contributed by atoms with E-state index in [1.807, 2.05) is 4.72 Å². The molecule has 6 heteroatoms. The maximum absolute atomic E-state index is 11.0. The number of carbonyl (C=O) groups is 1. The molecule has 0 saturated carbocycles. The molecule has 0 saturated heterocycles. The maximum atomic E-state index is 11.0. The average Bonchev–Trinajstić information content (AvgIpc) is 2.16. The lowest BCUT2D eigenvalue weighted by atomic mass is 10.3. The van der Waals surface area contributed by atoms with Crippen LogP contribution in [0.2, 0.25) is 0 Å². The molecule has 1 unspecified atom stereocenters. The Labute approximate surface area is 83.5 Å². The molecule has 1 aromatic carbocycles. The van der Waals surface area contributed by atoms with E-state index in [0.717, 1.165) is 0 Å². The van der Waals surface area contributed by atoms with Crippen molar-refractivity contribution < 1.29 is 18.3 Å². The summed E-state index contributed by atoms with van der Waals surface area (Å²) in [5.74, 6) is -0.207. The van der Waals surface area contributed by atoms with E-state index < -0.39 is 17.2 Å². The van der Waals surface area contributed by atoms with Crippen LogP contribution in [0.3, 0.4) is 0 Å². The van der Waals surface area contributed by atoms with Crippen molar-refractivity contribution in [2.24, 2.45) is 0 Å². The van der Waals surface area contributed by atoms with Gasteiger partial charge in [0.2, 0.25) is 11.3 Å². The number of ether oxygens (including phenoxy) is 1. The van der Waals surface area contributed by atoms with E-state index in [1.165, 1.54) is 0 Å². The van der Waals surface area contributed by atoms with Gasteiger partial charge in [0, 0.05) is 0 Å². The van der Waals surface area contributed by atoms with Crippen LogP contribution in [-0.2, 0) is 16.1 Å². The summed E-state index contributed by atoms with van der Waals surface area (Å²) in [5, 5.41) is 0. The smallest absolute Gasteiger partial charge is 0.326 e. The predicted molar refractivity (Wildman–Crippen MR) is 50.9 cm³/mol. The fourth-order valence-electron chi connectivity index (χ4n) is 0.777. The van der Waals surface area contributed by atoms with Gasteiger partial charge in [0.25, 0.3) is 0 Å². The molecule has 2 N–H and O–H groups in total. The summed E-state index contributed by atoms with van der Waals surface area (Å²) < 4.78 is 25.3. The van der Waals surface area contributed by atoms with Gasteiger partial charge in [-0.15, -0.1) is 0 Å². The highest BCUT2D eigenvalue weighted by atomic mass is 32.2. The number of carbonyl (C=O) groups excluding carboxylic acids is 1. The normalized spacial score (nSPS) is 12.1. The number of rotatable bonds is 4. The molecule has 76 valence electrons. The van der Waals surface area contributed by atoms with Crippen molar-refractivity contribution in [2.75, 3.05) is 6.54 Å². The molecule has 0 radical (unpaired) electrons. The number of esters is 1. The minimum absolute atomic E-state index is 0.308. The number of hydrogen-bond acceptors (Lipinski definition) is 3. The minimum Gasteiger partial charge on any atom is -0.426 e. The predicted octanol–water partition coefficient (Wildman–Crippen LogP) is 0.318. The molecule has 0 bridgehead atoms. The third kappa shape index (κ3) is 4.13. The largest absolute Gasteiger partial charge is 0.426 e. The third-order valence-corrected chi connectivity index (χ3v) is 1.71. The highest BCUT2D eigenvalue weighted by Crippen LogP contribution is 2.07. The van der Waals surface area contributed by atoms with Crippen LogP contribution in [0.25, 0.3) is 0 Å². The molecular weight excluding hydrogens is 206 g/mol. The van der Waals surface area contributed by atoms with E-state index >= 15 is 0 Å². The average molecular weight is 215 g/mol. The molecular formula is C8H9NO4S. The molecule has 1 rings (SSSR count). The van der Waals surface area contributed by atoms with Crippen molar-refractivity contribution in [3.05, 3.63) is 30.3 Å². The van der Waals surface area contributed by atoms with Crippen LogP contribution in [0, 0.1) is 0 Å². The second-order valence-corrected chi connectivity index (χ2v) is 3.14. The van der Waals surface area contributed by atoms with Crippen LogP contribution in [0.1, 0.15) is 0 Å². The van der Waals surface area contributed by atoms with Crippen molar-refractivity contribution in [3.63, 3.8) is 0 Å². The summed E-state index contributed by atoms with van der Waals surface area (Å²) in [7, 11) is 0. The molecule has 0 heterocycles. The first kappa shape index (κ1) is 10.8. The fraction of sp³-hybridized carbons (Fsp3) is 0.125. The van der Waals surface area contributed by atoms with E-state index in [-0.39, 0.29) is 6.54 Å². The van der Waals surface area contributed by atoms with Gasteiger partial charge in [0.1, 0.15) is 12.3 Å². The quantitative estimate of drug-likeness (QED) is 0.431. The zero-order chi connectivity index (χ0) is 10.4. The van der Waals surface area contributed by atoms with E-state index in [4.69, 9.17) is 9.29 Å². The van der Waals surface area contributed by atoms with Crippen LogP contribution < -0.4 is 9.46 Å². The molecule has 1 aromatic rings. The summed E-state index contributed by atoms with van der Waals surface area (Å²) in [6.45, 7) is -0.308. The number of hydrogen-bond donors (Lipinski definition) is 2.